The van der Waals surface area contributed by atoms with Crippen LogP contribution in [0.4, 0.5) is 5.82 Å². The van der Waals surface area contributed by atoms with E-state index in [2.05, 4.69) is 57.7 Å². The smallest absolute Gasteiger partial charge is 0.155 e. The molecule has 0 aliphatic heterocycles. The maximum atomic E-state index is 4.57. The minimum atomic E-state index is 0.0404. The summed E-state index contributed by atoms with van der Waals surface area (Å²) in [5.41, 5.74) is 0.980. The number of anilines is 1. The molecule has 0 saturated heterocycles. The summed E-state index contributed by atoms with van der Waals surface area (Å²) in [4.78, 5) is 9.02. The minimum Gasteiger partial charge on any atom is -0.360 e. The van der Waals surface area contributed by atoms with Gasteiger partial charge in [-0.25, -0.2) is 9.97 Å². The van der Waals surface area contributed by atoms with Crippen LogP contribution >= 0.6 is 0 Å². The average molecular weight is 288 g/mol. The summed E-state index contributed by atoms with van der Waals surface area (Å²) in [6.45, 7) is 10.4. The molecule has 0 amide bonds. The van der Waals surface area contributed by atoms with Gasteiger partial charge in [0.2, 0.25) is 0 Å². The summed E-state index contributed by atoms with van der Waals surface area (Å²) in [5, 5.41) is 11.6. The Morgan fingerprint density at radius 3 is 2.67 bits per heavy atom. The first kappa shape index (κ1) is 15.4. The van der Waals surface area contributed by atoms with Gasteiger partial charge in [0.1, 0.15) is 18.0 Å². The second-order valence-electron chi connectivity index (χ2n) is 5.62. The summed E-state index contributed by atoms with van der Waals surface area (Å²) >= 11 is 0. The highest BCUT2D eigenvalue weighted by Crippen LogP contribution is 2.19. The Morgan fingerprint density at radius 1 is 1.24 bits per heavy atom. The number of hydrogen-bond donors (Lipinski definition) is 1. The zero-order valence-corrected chi connectivity index (χ0v) is 13.5. The van der Waals surface area contributed by atoms with Crippen LogP contribution in [0.2, 0.25) is 0 Å². The van der Waals surface area contributed by atoms with E-state index in [1.165, 1.54) is 0 Å². The maximum Gasteiger partial charge on any atom is 0.155 e. The topological polar surface area (TPSA) is 68.5 Å². The van der Waals surface area contributed by atoms with Crippen molar-refractivity contribution in [1.29, 1.82) is 0 Å². The largest absolute Gasteiger partial charge is 0.360 e. The van der Waals surface area contributed by atoms with Crippen molar-refractivity contribution in [1.82, 2.24) is 24.7 Å². The number of aryl methyl sites for hydroxylation is 2. The fourth-order valence-corrected chi connectivity index (χ4v) is 2.29. The molecule has 2 heterocycles. The van der Waals surface area contributed by atoms with Crippen LogP contribution in [0.3, 0.4) is 0 Å². The molecule has 1 N–H and O–H groups in total. The van der Waals surface area contributed by atoms with Crippen molar-refractivity contribution in [3.8, 4) is 0 Å². The zero-order valence-electron chi connectivity index (χ0n) is 13.5. The van der Waals surface area contributed by atoms with Crippen molar-refractivity contribution in [3.63, 3.8) is 0 Å². The molecule has 21 heavy (non-hydrogen) atoms. The van der Waals surface area contributed by atoms with Gasteiger partial charge >= 0.3 is 0 Å². The molecule has 2 aromatic rings. The third-order valence-electron chi connectivity index (χ3n) is 3.28. The summed E-state index contributed by atoms with van der Waals surface area (Å²) < 4.78 is 2.07. The zero-order chi connectivity index (χ0) is 15.4. The minimum absolute atomic E-state index is 0.0404. The Balaban J connectivity index is 2.19. The lowest BCUT2D eigenvalue weighted by Gasteiger charge is -2.17. The number of nitrogens with one attached hydrogen (secondary N) is 1. The highest BCUT2D eigenvalue weighted by atomic mass is 15.3. The lowest BCUT2D eigenvalue weighted by molar-refractivity contribution is 0.552. The SMILES string of the molecule is CCCc1nc(C)cc(NC(C)c2nncn2C(C)C)n1. The van der Waals surface area contributed by atoms with Gasteiger partial charge in [-0.05, 0) is 34.1 Å². The van der Waals surface area contributed by atoms with Crippen molar-refractivity contribution in [2.45, 2.75) is 59.5 Å². The molecule has 114 valence electrons. The predicted molar refractivity (Wildman–Crippen MR) is 83.2 cm³/mol. The van der Waals surface area contributed by atoms with E-state index in [1.54, 1.807) is 6.33 Å². The third kappa shape index (κ3) is 3.77. The lowest BCUT2D eigenvalue weighted by Crippen LogP contribution is -2.16. The van der Waals surface area contributed by atoms with E-state index in [9.17, 15) is 0 Å². The van der Waals surface area contributed by atoms with Gasteiger partial charge in [0.15, 0.2) is 5.82 Å². The van der Waals surface area contributed by atoms with Crippen LogP contribution in [-0.2, 0) is 6.42 Å². The Kier molecular flexibility index (Phi) is 4.88. The van der Waals surface area contributed by atoms with Gasteiger partial charge in [0.05, 0.1) is 6.04 Å². The van der Waals surface area contributed by atoms with E-state index >= 15 is 0 Å². The van der Waals surface area contributed by atoms with E-state index in [1.807, 2.05) is 13.0 Å². The fourth-order valence-electron chi connectivity index (χ4n) is 2.29. The molecule has 0 aliphatic rings. The van der Waals surface area contributed by atoms with Crippen molar-refractivity contribution in [2.75, 3.05) is 5.32 Å². The van der Waals surface area contributed by atoms with Crippen LogP contribution in [0, 0.1) is 6.92 Å². The summed E-state index contributed by atoms with van der Waals surface area (Å²) in [6, 6.07) is 2.34. The number of aromatic nitrogens is 5. The first-order valence-corrected chi connectivity index (χ1v) is 7.51. The maximum absolute atomic E-state index is 4.57. The van der Waals surface area contributed by atoms with Gasteiger partial charge in [-0.1, -0.05) is 6.92 Å². The quantitative estimate of drug-likeness (QED) is 0.884. The first-order chi connectivity index (χ1) is 10.0. The molecule has 1 atom stereocenters. The molecule has 2 rings (SSSR count). The number of rotatable bonds is 6. The first-order valence-electron chi connectivity index (χ1n) is 7.51. The van der Waals surface area contributed by atoms with Crippen LogP contribution in [0.25, 0.3) is 0 Å². The van der Waals surface area contributed by atoms with Crippen molar-refractivity contribution >= 4 is 5.82 Å². The van der Waals surface area contributed by atoms with Gasteiger partial charge in [0.25, 0.3) is 0 Å². The van der Waals surface area contributed by atoms with Crippen LogP contribution in [0.15, 0.2) is 12.4 Å². The molecule has 0 aromatic carbocycles. The fraction of sp³-hybridized carbons (Fsp3) is 0.600. The van der Waals surface area contributed by atoms with E-state index in [4.69, 9.17) is 0 Å². The van der Waals surface area contributed by atoms with E-state index in [0.717, 1.165) is 36.0 Å². The van der Waals surface area contributed by atoms with Gasteiger partial charge in [-0.15, -0.1) is 10.2 Å². The van der Waals surface area contributed by atoms with Crippen LogP contribution in [0.1, 0.15) is 63.5 Å². The Hall–Kier alpha value is -1.98. The Labute approximate surface area is 126 Å². The average Bonchev–Trinajstić information content (AvgIpc) is 2.87. The Bertz CT molecular complexity index is 590. The summed E-state index contributed by atoms with van der Waals surface area (Å²) in [6.07, 6.45) is 3.71. The van der Waals surface area contributed by atoms with E-state index in [0.29, 0.717) is 6.04 Å². The Morgan fingerprint density at radius 2 is 2.00 bits per heavy atom. The molecule has 2 aromatic heterocycles. The van der Waals surface area contributed by atoms with Crippen LogP contribution < -0.4 is 5.32 Å². The monoisotopic (exact) mass is 288 g/mol. The lowest BCUT2D eigenvalue weighted by atomic mass is 10.2. The standard InChI is InChI=1S/C15H24N6/c1-6-7-13-17-11(4)8-14(19-13)18-12(5)15-20-16-9-21(15)10(2)3/h8-10,12H,6-7H2,1-5H3,(H,17,18,19). The molecule has 0 bridgehead atoms. The highest BCUT2D eigenvalue weighted by molar-refractivity contribution is 5.37. The molecule has 1 unspecified atom stereocenters. The third-order valence-corrected chi connectivity index (χ3v) is 3.28. The van der Waals surface area contributed by atoms with Crippen molar-refractivity contribution < 1.29 is 0 Å². The molecule has 6 heteroatoms. The summed E-state index contributed by atoms with van der Waals surface area (Å²) in [7, 11) is 0. The van der Waals surface area contributed by atoms with Crippen molar-refractivity contribution in [3.05, 3.63) is 29.7 Å². The molecule has 0 aliphatic carbocycles. The molecule has 0 fully saturated rings. The second-order valence-corrected chi connectivity index (χ2v) is 5.62. The highest BCUT2D eigenvalue weighted by Gasteiger charge is 2.15. The molecular weight excluding hydrogens is 264 g/mol. The van der Waals surface area contributed by atoms with Gasteiger partial charge in [-0.3, -0.25) is 0 Å². The predicted octanol–water partition coefficient (Wildman–Crippen LogP) is 3.08. The summed E-state index contributed by atoms with van der Waals surface area (Å²) in [5.74, 6) is 2.65. The molecule has 0 spiro atoms. The normalized spacial score (nSPS) is 12.7. The molecule has 0 saturated carbocycles. The van der Waals surface area contributed by atoms with Gasteiger partial charge in [-0.2, -0.15) is 0 Å². The number of nitrogens with zero attached hydrogens (tertiary/aromatic N) is 5. The van der Waals surface area contributed by atoms with Gasteiger partial charge < -0.3 is 9.88 Å². The van der Waals surface area contributed by atoms with Crippen LogP contribution in [0.5, 0.6) is 0 Å². The molecule has 0 radical (unpaired) electrons. The number of hydrogen-bond acceptors (Lipinski definition) is 5. The van der Waals surface area contributed by atoms with Gasteiger partial charge in [0, 0.05) is 24.2 Å². The van der Waals surface area contributed by atoms with E-state index < -0.39 is 0 Å². The molecular formula is C15H24N6. The van der Waals surface area contributed by atoms with Crippen LogP contribution in [-0.4, -0.2) is 24.7 Å². The van der Waals surface area contributed by atoms with Crippen molar-refractivity contribution in [2.24, 2.45) is 0 Å². The van der Waals surface area contributed by atoms with E-state index in [-0.39, 0.29) is 6.04 Å². The molecule has 6 nitrogen and oxygen atoms in total. The second kappa shape index (κ2) is 6.65.